The van der Waals surface area contributed by atoms with Crippen molar-refractivity contribution in [1.82, 2.24) is 45.5 Å². The van der Waals surface area contributed by atoms with E-state index in [4.69, 9.17) is 16.3 Å². The van der Waals surface area contributed by atoms with Crippen LogP contribution in [0.15, 0.2) is 72.2 Å². The Morgan fingerprint density at radius 1 is 0.840 bits per heavy atom. The van der Waals surface area contributed by atoms with Gasteiger partial charge in [-0.1, -0.05) is 56.6 Å². The summed E-state index contributed by atoms with van der Waals surface area (Å²) in [6.45, 7) is 17.3. The number of aliphatic hydroxyl groups is 1. The van der Waals surface area contributed by atoms with Crippen molar-refractivity contribution in [3.05, 3.63) is 105 Å². The molecule has 4 atom stereocenters. The van der Waals surface area contributed by atoms with E-state index in [9.17, 15) is 33.9 Å². The zero-order chi connectivity index (χ0) is 54.0. The SMILES string of the molecule is COc1ccc2c(c1)c(CC(=O)NCCCN1CCN(CCCNC(=O)CCC(=O)N[C@H](C(=O)N3C[C@H](O)C[C@H]3C(=O)N[C@@H](C)c3ccc(-c4scnc4C)cc3)C(C)(C)C)CC1)c(C)n2C(=O)c1ccc(Cl)cc1. The molecule has 0 unspecified atom stereocenters. The lowest BCUT2D eigenvalue weighted by atomic mass is 9.85. The number of carbonyl (C=O) groups excluding carboxylic acids is 6. The van der Waals surface area contributed by atoms with Crippen LogP contribution in [0, 0.1) is 19.3 Å². The first kappa shape index (κ1) is 56.5. The summed E-state index contributed by atoms with van der Waals surface area (Å²) in [5.74, 6) is -1.25. The molecule has 0 bridgehead atoms. The lowest BCUT2D eigenvalue weighted by molar-refractivity contribution is -0.144. The number of β-amino-alcohol motifs (C(OH)–C–C–N with tert-alkyl or cyclic N) is 1. The number of aryl methyl sites for hydroxylation is 1. The molecule has 5 aromatic rings. The van der Waals surface area contributed by atoms with Crippen molar-refractivity contribution in [2.75, 3.05) is 66.0 Å². The van der Waals surface area contributed by atoms with E-state index in [0.717, 1.165) is 84.8 Å². The normalized spacial score (nSPS) is 17.1. The number of hydrogen-bond donors (Lipinski definition) is 5. The van der Waals surface area contributed by atoms with Crippen LogP contribution in [-0.2, 0) is 30.4 Å². The highest BCUT2D eigenvalue weighted by Gasteiger charge is 2.45. The van der Waals surface area contributed by atoms with Gasteiger partial charge in [0.05, 0.1) is 47.3 Å². The van der Waals surface area contributed by atoms with E-state index >= 15 is 0 Å². The first-order valence-corrected chi connectivity index (χ1v) is 27.1. The van der Waals surface area contributed by atoms with Gasteiger partial charge >= 0.3 is 0 Å². The Morgan fingerprint density at radius 3 is 2.07 bits per heavy atom. The van der Waals surface area contributed by atoms with Crippen LogP contribution < -0.4 is 26.0 Å². The minimum absolute atomic E-state index is 0.0387. The molecule has 7 rings (SSSR count). The molecule has 2 aromatic heterocycles. The molecule has 402 valence electrons. The molecule has 5 amide bonds. The highest BCUT2D eigenvalue weighted by Crippen LogP contribution is 2.32. The Hall–Kier alpha value is -6.18. The minimum Gasteiger partial charge on any atom is -0.497 e. The predicted octanol–water partition coefficient (Wildman–Crippen LogP) is 6.06. The molecule has 0 saturated carbocycles. The van der Waals surface area contributed by atoms with Crippen LogP contribution >= 0.6 is 22.9 Å². The summed E-state index contributed by atoms with van der Waals surface area (Å²) >= 11 is 7.64. The van der Waals surface area contributed by atoms with E-state index in [1.165, 1.54) is 4.90 Å². The highest BCUT2D eigenvalue weighted by molar-refractivity contribution is 7.13. The number of piperazine rings is 1. The zero-order valence-corrected chi connectivity index (χ0v) is 45.7. The summed E-state index contributed by atoms with van der Waals surface area (Å²) in [5.41, 5.74) is 6.62. The Kier molecular flexibility index (Phi) is 19.3. The number of amides is 5. The standard InChI is InChI=1S/C56H72ClN9O8S/c1-35(38-10-12-39(13-11-38)51-36(2)60-34-75-51)61-53(71)47-30-42(67)33-65(47)55(73)52(56(4,5)6)62-49(69)21-20-48(68)58-22-8-24-63-26-28-64(29-27-63)25-9-23-59-50(70)32-44-37(3)66(46-19-18-43(74-7)31-45(44)46)54(72)40-14-16-41(57)17-15-40/h10-19,31,34-35,42,47,52,67H,8-9,20-30,32-33H2,1-7H3,(H,58,68)(H,59,70)(H,61,71)(H,62,69)/t35-,42+,47-,52+/m0/s1. The number of ether oxygens (including phenoxy) is 1. The maximum absolute atomic E-state index is 14.1. The molecule has 0 radical (unpaired) electrons. The Bertz CT molecular complexity index is 2820. The molecule has 2 fully saturated rings. The summed E-state index contributed by atoms with van der Waals surface area (Å²) in [6, 6.07) is 17.9. The third-order valence-corrected chi connectivity index (χ3v) is 15.5. The molecular weight excluding hydrogens is 994 g/mol. The van der Waals surface area contributed by atoms with Gasteiger partial charge in [-0.05, 0) is 111 Å². The van der Waals surface area contributed by atoms with E-state index in [1.54, 1.807) is 53.3 Å². The number of rotatable bonds is 21. The highest BCUT2D eigenvalue weighted by atomic mass is 35.5. The molecule has 17 nitrogen and oxygen atoms in total. The fourth-order valence-electron chi connectivity index (χ4n) is 9.88. The molecule has 0 spiro atoms. The maximum atomic E-state index is 14.1. The number of carbonyl (C=O) groups is 6. The predicted molar refractivity (Wildman–Crippen MR) is 292 cm³/mol. The fourth-order valence-corrected chi connectivity index (χ4v) is 10.8. The number of hydrogen-bond acceptors (Lipinski definition) is 12. The number of fused-ring (bicyclic) bond motifs is 1. The van der Waals surface area contributed by atoms with Gasteiger partial charge in [-0.2, -0.15) is 0 Å². The van der Waals surface area contributed by atoms with Gasteiger partial charge in [0, 0.05) is 86.7 Å². The van der Waals surface area contributed by atoms with E-state index in [1.807, 2.05) is 83.5 Å². The van der Waals surface area contributed by atoms with Crippen LogP contribution in [0.2, 0.25) is 5.02 Å². The molecule has 5 N–H and O–H groups in total. The van der Waals surface area contributed by atoms with Gasteiger partial charge in [0.2, 0.25) is 29.5 Å². The van der Waals surface area contributed by atoms with E-state index in [0.29, 0.717) is 40.6 Å². The van der Waals surface area contributed by atoms with Crippen LogP contribution in [0.3, 0.4) is 0 Å². The minimum atomic E-state index is -0.996. The third kappa shape index (κ3) is 14.6. The number of likely N-dealkylation sites (tertiary alicyclic amines) is 1. The van der Waals surface area contributed by atoms with E-state index < -0.39 is 35.4 Å². The lowest BCUT2D eigenvalue weighted by Crippen LogP contribution is -2.57. The molecular formula is C56H72ClN9O8S. The maximum Gasteiger partial charge on any atom is 0.262 e. The van der Waals surface area contributed by atoms with Crippen molar-refractivity contribution in [3.63, 3.8) is 0 Å². The van der Waals surface area contributed by atoms with Crippen molar-refractivity contribution in [2.24, 2.45) is 5.41 Å². The number of aliphatic hydroxyl groups excluding tert-OH is 1. The monoisotopic (exact) mass is 1070 g/mol. The number of benzene rings is 3. The fraction of sp³-hybridized carbons (Fsp3) is 0.482. The summed E-state index contributed by atoms with van der Waals surface area (Å²) < 4.78 is 7.12. The third-order valence-electron chi connectivity index (χ3n) is 14.2. The average molecular weight is 1070 g/mol. The van der Waals surface area contributed by atoms with Crippen molar-refractivity contribution >= 4 is 69.3 Å². The lowest BCUT2D eigenvalue weighted by Gasteiger charge is -2.35. The van der Waals surface area contributed by atoms with Crippen molar-refractivity contribution < 1.29 is 38.6 Å². The van der Waals surface area contributed by atoms with Gasteiger partial charge in [-0.25, -0.2) is 4.98 Å². The zero-order valence-electron chi connectivity index (χ0n) is 44.2. The van der Waals surface area contributed by atoms with Crippen molar-refractivity contribution in [2.45, 2.75) is 104 Å². The van der Waals surface area contributed by atoms with Crippen LogP contribution in [0.1, 0.15) is 98.7 Å². The molecule has 4 heterocycles. The Morgan fingerprint density at radius 2 is 1.47 bits per heavy atom. The second-order valence-corrected chi connectivity index (χ2v) is 22.0. The van der Waals surface area contributed by atoms with Gasteiger partial charge in [-0.15, -0.1) is 11.3 Å². The molecule has 75 heavy (non-hydrogen) atoms. The molecule has 2 aliphatic heterocycles. The number of halogens is 1. The van der Waals surface area contributed by atoms with Crippen LogP contribution in [0.5, 0.6) is 5.75 Å². The van der Waals surface area contributed by atoms with Gasteiger partial charge in [0.1, 0.15) is 17.8 Å². The largest absolute Gasteiger partial charge is 0.497 e. The van der Waals surface area contributed by atoms with Gasteiger partial charge in [0.25, 0.3) is 5.91 Å². The topological polar surface area (TPSA) is 208 Å². The molecule has 19 heteroatoms. The van der Waals surface area contributed by atoms with Gasteiger partial charge in [-0.3, -0.25) is 33.3 Å². The summed E-state index contributed by atoms with van der Waals surface area (Å²) in [7, 11) is 1.59. The second kappa shape index (κ2) is 25.6. The summed E-state index contributed by atoms with van der Waals surface area (Å²) in [6.07, 6.45) is 0.679. The average Bonchev–Trinajstić information content (AvgIpc) is 4.08. The van der Waals surface area contributed by atoms with Crippen molar-refractivity contribution in [3.8, 4) is 16.2 Å². The first-order chi connectivity index (χ1) is 35.8. The van der Waals surface area contributed by atoms with E-state index in [-0.39, 0.29) is 61.9 Å². The summed E-state index contributed by atoms with van der Waals surface area (Å²) in [5, 5.41) is 23.9. The smallest absolute Gasteiger partial charge is 0.262 e. The number of nitrogens with one attached hydrogen (secondary N) is 4. The number of nitrogens with zero attached hydrogens (tertiary/aromatic N) is 5. The quantitative estimate of drug-likeness (QED) is 0.0535. The Balaban J connectivity index is 0.779. The molecule has 3 aromatic carbocycles. The number of aromatic nitrogens is 2. The number of thiazole rings is 1. The molecule has 2 aliphatic rings. The first-order valence-electron chi connectivity index (χ1n) is 25.9. The molecule has 0 aliphatic carbocycles. The summed E-state index contributed by atoms with van der Waals surface area (Å²) in [4.78, 5) is 92.4. The Labute approximate surface area is 448 Å². The molecule has 2 saturated heterocycles. The van der Waals surface area contributed by atoms with Crippen LogP contribution in [0.4, 0.5) is 0 Å². The number of methoxy groups -OCH3 is 1. The van der Waals surface area contributed by atoms with Crippen molar-refractivity contribution in [1.29, 1.82) is 0 Å². The van der Waals surface area contributed by atoms with Gasteiger partial charge < -0.3 is 45.8 Å². The van der Waals surface area contributed by atoms with Crippen LogP contribution in [-0.4, -0.2) is 149 Å². The second-order valence-electron chi connectivity index (χ2n) is 20.7. The van der Waals surface area contributed by atoms with E-state index in [2.05, 4.69) is 36.1 Å². The van der Waals surface area contributed by atoms with Gasteiger partial charge in [0.15, 0.2) is 0 Å². The van der Waals surface area contributed by atoms with Crippen LogP contribution in [0.25, 0.3) is 21.3 Å².